The van der Waals surface area contributed by atoms with E-state index in [1.165, 1.54) is 4.88 Å². The van der Waals surface area contributed by atoms with Gasteiger partial charge in [0.1, 0.15) is 17.4 Å². The van der Waals surface area contributed by atoms with Crippen molar-refractivity contribution in [3.05, 3.63) is 98.8 Å². The summed E-state index contributed by atoms with van der Waals surface area (Å²) in [5.41, 5.74) is 3.69. The van der Waals surface area contributed by atoms with E-state index in [0.717, 1.165) is 47.4 Å². The lowest BCUT2D eigenvalue weighted by molar-refractivity contribution is 0.0948. The number of nitrogens with zero attached hydrogens (tertiary/aromatic N) is 1. The number of hydrogen-bond donors (Lipinski definition) is 1. The van der Waals surface area contributed by atoms with Crippen LogP contribution in [0.25, 0.3) is 0 Å². The number of amides is 1. The summed E-state index contributed by atoms with van der Waals surface area (Å²) in [6.45, 7) is 3.19. The van der Waals surface area contributed by atoms with Crippen LogP contribution in [0.15, 0.2) is 70.3 Å². The van der Waals surface area contributed by atoms with E-state index in [0.29, 0.717) is 47.6 Å². The van der Waals surface area contributed by atoms with Crippen molar-refractivity contribution in [3.63, 3.8) is 0 Å². The predicted octanol–water partition coefficient (Wildman–Crippen LogP) is 7.53. The molecular formula is C30H29ClN2O4S. The fourth-order valence-corrected chi connectivity index (χ4v) is 5.77. The first-order valence-electron chi connectivity index (χ1n) is 12.7. The molecule has 2 aromatic heterocycles. The van der Waals surface area contributed by atoms with E-state index in [4.69, 9.17) is 30.5 Å². The zero-order chi connectivity index (χ0) is 26.3. The van der Waals surface area contributed by atoms with Gasteiger partial charge in [0, 0.05) is 16.1 Å². The fourth-order valence-electron chi connectivity index (χ4n) is 4.41. The molecule has 196 valence electrons. The Hall–Kier alpha value is -3.55. The van der Waals surface area contributed by atoms with Gasteiger partial charge in [0.05, 0.1) is 25.0 Å². The number of fused-ring (bicyclic) bond motifs is 1. The molecule has 2 aromatic carbocycles. The molecule has 0 atom stereocenters. The zero-order valence-corrected chi connectivity index (χ0v) is 22.7. The van der Waals surface area contributed by atoms with E-state index in [-0.39, 0.29) is 5.91 Å². The van der Waals surface area contributed by atoms with E-state index in [1.54, 1.807) is 23.8 Å². The number of halogens is 1. The highest BCUT2D eigenvalue weighted by Gasteiger charge is 2.25. The maximum Gasteiger partial charge on any atom is 0.255 e. The molecule has 0 saturated heterocycles. The second kappa shape index (κ2) is 12.3. The summed E-state index contributed by atoms with van der Waals surface area (Å²) in [4.78, 5) is 19.3. The van der Waals surface area contributed by atoms with Crippen LogP contribution in [0, 0.1) is 0 Å². The summed E-state index contributed by atoms with van der Waals surface area (Å²) in [5, 5.41) is 4.42. The maximum atomic E-state index is 13.2. The largest absolute Gasteiger partial charge is 0.490 e. The molecule has 1 aliphatic rings. The molecular weight excluding hydrogens is 520 g/mol. The molecule has 1 amide bonds. The van der Waals surface area contributed by atoms with Gasteiger partial charge in [-0.3, -0.25) is 4.79 Å². The molecule has 0 radical (unpaired) electrons. The number of nitrogens with one attached hydrogen (secondary N) is 1. The number of aryl methyl sites for hydroxylation is 1. The Kier molecular flexibility index (Phi) is 8.46. The number of rotatable bonds is 10. The number of benzene rings is 2. The van der Waals surface area contributed by atoms with Crippen molar-refractivity contribution in [2.24, 2.45) is 4.99 Å². The molecule has 8 heteroatoms. The van der Waals surface area contributed by atoms with Crippen LogP contribution in [0.1, 0.15) is 57.5 Å². The summed E-state index contributed by atoms with van der Waals surface area (Å²) in [5.74, 6) is 1.90. The number of furan rings is 1. The zero-order valence-electron chi connectivity index (χ0n) is 21.2. The number of carbonyl (C=O) groups excluding carboxylic acids is 1. The lowest BCUT2D eigenvalue weighted by Crippen LogP contribution is -2.23. The van der Waals surface area contributed by atoms with Crippen LogP contribution in [0.2, 0.25) is 5.02 Å². The van der Waals surface area contributed by atoms with Crippen molar-refractivity contribution in [2.45, 2.75) is 45.8 Å². The smallest absolute Gasteiger partial charge is 0.255 e. The summed E-state index contributed by atoms with van der Waals surface area (Å²) >= 11 is 7.59. The maximum absolute atomic E-state index is 13.2. The number of carbonyl (C=O) groups is 1. The van der Waals surface area contributed by atoms with Gasteiger partial charge in [-0.05, 0) is 91.8 Å². The van der Waals surface area contributed by atoms with Gasteiger partial charge in [-0.25, -0.2) is 4.99 Å². The molecule has 0 saturated carbocycles. The quantitative estimate of drug-likeness (QED) is 0.208. The summed E-state index contributed by atoms with van der Waals surface area (Å²) < 4.78 is 17.2. The molecule has 0 aliphatic heterocycles. The molecule has 5 rings (SSSR count). The molecule has 4 aromatic rings. The SMILES string of the molecule is CCOc1cc(C=Nc2sc3c(c2C(=O)NCc2ccco2)CCCC3)ccc1OCc1ccc(Cl)cc1. The van der Waals surface area contributed by atoms with Crippen molar-refractivity contribution in [2.75, 3.05) is 6.61 Å². The Morgan fingerprint density at radius 3 is 2.74 bits per heavy atom. The third-order valence-corrected chi connectivity index (χ3v) is 7.74. The summed E-state index contributed by atoms with van der Waals surface area (Å²) in [7, 11) is 0. The van der Waals surface area contributed by atoms with Gasteiger partial charge in [0.2, 0.25) is 0 Å². The molecule has 38 heavy (non-hydrogen) atoms. The molecule has 1 aliphatic carbocycles. The van der Waals surface area contributed by atoms with Crippen molar-refractivity contribution in [3.8, 4) is 11.5 Å². The first-order valence-corrected chi connectivity index (χ1v) is 13.9. The number of thiophene rings is 1. The Morgan fingerprint density at radius 2 is 1.95 bits per heavy atom. The highest BCUT2D eigenvalue weighted by molar-refractivity contribution is 7.16. The van der Waals surface area contributed by atoms with Crippen molar-refractivity contribution < 1.29 is 18.7 Å². The summed E-state index contributed by atoms with van der Waals surface area (Å²) in [6, 6.07) is 17.0. The minimum atomic E-state index is -0.117. The Morgan fingerprint density at radius 1 is 1.11 bits per heavy atom. The highest BCUT2D eigenvalue weighted by Crippen LogP contribution is 2.40. The predicted molar refractivity (Wildman–Crippen MR) is 151 cm³/mol. The average Bonchev–Trinajstić information content (AvgIpc) is 3.59. The Bertz CT molecular complexity index is 1410. The second-order valence-corrected chi connectivity index (χ2v) is 10.5. The number of ether oxygens (including phenoxy) is 2. The topological polar surface area (TPSA) is 73.1 Å². The minimum absolute atomic E-state index is 0.117. The molecule has 1 N–H and O–H groups in total. The van der Waals surface area contributed by atoms with Crippen molar-refractivity contribution in [1.82, 2.24) is 5.32 Å². The van der Waals surface area contributed by atoms with Crippen molar-refractivity contribution >= 4 is 40.1 Å². The van der Waals surface area contributed by atoms with Gasteiger partial charge in [0.25, 0.3) is 5.91 Å². The standard InChI is InChI=1S/C30H29ClN2O4S/c1-2-35-26-16-21(11-14-25(26)37-19-20-9-12-22(31)13-10-20)17-33-30-28(24-7-3-4-8-27(24)38-30)29(34)32-18-23-6-5-15-36-23/h5-6,9-17H,2-4,7-8,18-19H2,1H3,(H,32,34). The van der Waals surface area contributed by atoms with Gasteiger partial charge >= 0.3 is 0 Å². The molecule has 0 bridgehead atoms. The molecule has 0 fully saturated rings. The van der Waals surface area contributed by atoms with Gasteiger partial charge in [-0.1, -0.05) is 23.7 Å². The van der Waals surface area contributed by atoms with Crippen LogP contribution in [0.4, 0.5) is 5.00 Å². The average molecular weight is 549 g/mol. The first-order chi connectivity index (χ1) is 18.6. The summed E-state index contributed by atoms with van der Waals surface area (Å²) in [6.07, 6.45) is 7.50. The molecule has 0 spiro atoms. The molecule has 2 heterocycles. The minimum Gasteiger partial charge on any atom is -0.490 e. The van der Waals surface area contributed by atoms with Crippen LogP contribution < -0.4 is 14.8 Å². The van der Waals surface area contributed by atoms with Crippen LogP contribution in [0.5, 0.6) is 11.5 Å². The van der Waals surface area contributed by atoms with Crippen LogP contribution >= 0.6 is 22.9 Å². The fraction of sp³-hybridized carbons (Fsp3) is 0.267. The van der Waals surface area contributed by atoms with Crippen LogP contribution in [-0.2, 0) is 26.0 Å². The van der Waals surface area contributed by atoms with E-state index >= 15 is 0 Å². The van der Waals surface area contributed by atoms with Gasteiger partial charge in [0.15, 0.2) is 11.5 Å². The molecule has 0 unspecified atom stereocenters. The Balaban J connectivity index is 1.35. The van der Waals surface area contributed by atoms with Crippen LogP contribution in [-0.4, -0.2) is 18.7 Å². The van der Waals surface area contributed by atoms with Gasteiger partial charge in [-0.2, -0.15) is 0 Å². The lowest BCUT2D eigenvalue weighted by atomic mass is 9.95. The first kappa shape index (κ1) is 26.1. The van der Waals surface area contributed by atoms with Crippen LogP contribution in [0.3, 0.4) is 0 Å². The monoisotopic (exact) mass is 548 g/mol. The number of aliphatic imine (C=N–C) groups is 1. The second-order valence-electron chi connectivity index (χ2n) is 8.97. The van der Waals surface area contributed by atoms with Crippen molar-refractivity contribution in [1.29, 1.82) is 0 Å². The third-order valence-electron chi connectivity index (χ3n) is 6.29. The van der Waals surface area contributed by atoms with E-state index in [2.05, 4.69) is 5.32 Å². The molecule has 6 nitrogen and oxygen atoms in total. The highest BCUT2D eigenvalue weighted by atomic mass is 35.5. The van der Waals surface area contributed by atoms with E-state index < -0.39 is 0 Å². The van der Waals surface area contributed by atoms with Gasteiger partial charge in [-0.15, -0.1) is 11.3 Å². The van der Waals surface area contributed by atoms with E-state index in [1.807, 2.05) is 61.5 Å². The lowest BCUT2D eigenvalue weighted by Gasteiger charge is -2.13. The normalized spacial score (nSPS) is 12.9. The Labute approximate surface area is 231 Å². The van der Waals surface area contributed by atoms with E-state index in [9.17, 15) is 4.79 Å². The number of hydrogen-bond acceptors (Lipinski definition) is 6. The van der Waals surface area contributed by atoms with Gasteiger partial charge < -0.3 is 19.2 Å². The third kappa shape index (κ3) is 6.29.